The number of alkyl halides is 6. The molecular weight excluding hydrogens is 765 g/mol. The molecule has 0 amide bonds. The maximum absolute atomic E-state index is 13.9. The third-order valence-corrected chi connectivity index (χ3v) is 9.79. The van der Waals surface area contributed by atoms with Crippen LogP contribution >= 0.6 is 0 Å². The number of halogens is 6. The highest BCUT2D eigenvalue weighted by Crippen LogP contribution is 2.43. The number of oxazole rings is 2. The Labute approximate surface area is 339 Å². The minimum absolute atomic E-state index is 0.0861. The van der Waals surface area contributed by atoms with Crippen molar-refractivity contribution in [1.82, 2.24) is 9.97 Å². The maximum atomic E-state index is 13.9. The Morgan fingerprint density at radius 2 is 0.932 bits per heavy atom. The fourth-order valence-electron chi connectivity index (χ4n) is 6.95. The van der Waals surface area contributed by atoms with E-state index in [0.29, 0.717) is 68.6 Å². The van der Waals surface area contributed by atoms with Crippen molar-refractivity contribution in [3.05, 3.63) is 175 Å². The molecule has 2 aromatic heterocycles. The van der Waals surface area contributed by atoms with Crippen LogP contribution in [0.5, 0.6) is 0 Å². The van der Waals surface area contributed by atoms with E-state index in [1.807, 2.05) is 36.4 Å². The van der Waals surface area contributed by atoms with Crippen molar-refractivity contribution in [2.45, 2.75) is 12.4 Å². The lowest BCUT2D eigenvalue weighted by molar-refractivity contribution is -0.161. The van der Waals surface area contributed by atoms with Crippen molar-refractivity contribution in [3.63, 3.8) is 0 Å². The lowest BCUT2D eigenvalue weighted by atomic mass is 9.95. The minimum Gasteiger partial charge on any atom is -0.436 e. The highest BCUT2D eigenvalue weighted by atomic mass is 19.4. The van der Waals surface area contributed by atoms with Gasteiger partial charge in [0.05, 0.1) is 19.4 Å². The van der Waals surface area contributed by atoms with Gasteiger partial charge in [0, 0.05) is 28.2 Å². The van der Waals surface area contributed by atoms with Gasteiger partial charge in [0.1, 0.15) is 11.0 Å². The summed E-state index contributed by atoms with van der Waals surface area (Å²) in [4.78, 5) is 10.7. The van der Waals surface area contributed by atoms with E-state index in [1.54, 1.807) is 60.7 Å². The number of anilines is 3. The molecule has 8 aromatic carbocycles. The molecule has 5 nitrogen and oxygen atoms in total. The topological polar surface area (TPSA) is 55.3 Å². The van der Waals surface area contributed by atoms with Crippen LogP contribution in [0.3, 0.4) is 0 Å². The van der Waals surface area contributed by atoms with E-state index in [1.165, 1.54) is 11.0 Å². The van der Waals surface area contributed by atoms with Gasteiger partial charge in [-0.15, -0.1) is 0 Å². The molecule has 0 bridgehead atoms. The predicted octanol–water partition coefficient (Wildman–Crippen LogP) is 14.8. The van der Waals surface area contributed by atoms with Gasteiger partial charge < -0.3 is 13.7 Å². The molecule has 0 unspecified atom stereocenters. The summed E-state index contributed by atoms with van der Waals surface area (Å²) in [6, 6.07) is 28.9. The van der Waals surface area contributed by atoms with Crippen molar-refractivity contribution in [3.8, 4) is 34.0 Å². The molecule has 0 aliphatic heterocycles. The molecular formula is C48H27F6N3O2. The van der Waals surface area contributed by atoms with Gasteiger partial charge >= 0.3 is 12.4 Å². The van der Waals surface area contributed by atoms with Gasteiger partial charge in [0.15, 0.2) is 11.2 Å². The zero-order chi connectivity index (χ0) is 45.7. The number of rotatable bonds is 6. The van der Waals surface area contributed by atoms with Crippen LogP contribution in [0.2, 0.25) is 0 Å². The number of nitrogens with zero attached hydrogens (tertiary/aromatic N) is 3. The Bertz CT molecular complexity index is 3370. The SMILES string of the molecule is [2H]c1c(N(c2ccc(-c3nc4ccccc4o3)cc2)c2ccc(-c3nc4ccccc4o3)cc2)c([2H])c2c([2H])c([2H])c(-c3ccc4cc(C(F)(F)F)c(C(F)(F)F)cc4c3)c([2H])c2c1[2H]. The van der Waals surface area contributed by atoms with E-state index >= 15 is 0 Å². The van der Waals surface area contributed by atoms with Crippen LogP contribution in [0.1, 0.15) is 19.4 Å². The predicted molar refractivity (Wildman–Crippen MR) is 218 cm³/mol. The van der Waals surface area contributed by atoms with E-state index in [-0.39, 0.29) is 38.4 Å². The molecule has 0 saturated heterocycles. The first-order chi connectivity index (χ1) is 31.0. The van der Waals surface area contributed by atoms with E-state index < -0.39 is 59.7 Å². The van der Waals surface area contributed by atoms with Crippen LogP contribution < -0.4 is 4.90 Å². The normalized spacial score (nSPS) is 13.7. The van der Waals surface area contributed by atoms with Crippen molar-refractivity contribution in [2.24, 2.45) is 0 Å². The molecule has 11 heteroatoms. The van der Waals surface area contributed by atoms with E-state index in [2.05, 4.69) is 9.97 Å². The first-order valence-electron chi connectivity index (χ1n) is 21.0. The van der Waals surface area contributed by atoms with Crippen molar-refractivity contribution < 1.29 is 43.4 Å². The van der Waals surface area contributed by atoms with E-state index in [9.17, 15) is 33.2 Å². The fraction of sp³-hybridized carbons (Fsp3) is 0.0417. The average molecular weight is 798 g/mol. The number of aromatic nitrogens is 2. The van der Waals surface area contributed by atoms with Crippen LogP contribution in [0.25, 0.3) is 77.8 Å². The van der Waals surface area contributed by atoms with Gasteiger partial charge in [-0.05, 0) is 142 Å². The third-order valence-electron chi connectivity index (χ3n) is 9.79. The number of hydrogen-bond acceptors (Lipinski definition) is 5. The molecule has 0 radical (unpaired) electrons. The van der Waals surface area contributed by atoms with Crippen LogP contribution in [0.15, 0.2) is 172 Å². The van der Waals surface area contributed by atoms with Crippen molar-refractivity contribution in [1.29, 1.82) is 0 Å². The second-order valence-electron chi connectivity index (χ2n) is 13.6. The molecule has 0 aliphatic rings. The lowest BCUT2D eigenvalue weighted by Crippen LogP contribution is -2.16. The Balaban J connectivity index is 1.14. The molecule has 288 valence electrons. The molecule has 0 atom stereocenters. The van der Waals surface area contributed by atoms with E-state index in [4.69, 9.17) is 10.2 Å². The standard InChI is InChI=1S/C48H27F6N3O2/c49-47(50,51)39-26-34-12-10-31(24-35(34)27-40(39)48(52,53)54)30-9-11-33-25-38(22-17-32(33)23-30)57(36-18-13-28(14-19-36)45-55-41-5-1-3-7-43(41)58-45)37-20-15-29(16-21-37)46-56-42-6-2-4-8-44(42)59-46/h1-27H/i9D,11D,17D,22D,23D,25D. The van der Waals surface area contributed by atoms with Crippen LogP contribution in [0, 0.1) is 0 Å². The molecule has 0 saturated carbocycles. The van der Waals surface area contributed by atoms with Crippen LogP contribution in [-0.4, -0.2) is 9.97 Å². The quantitative estimate of drug-likeness (QED) is 0.157. The molecule has 59 heavy (non-hydrogen) atoms. The number of hydrogen-bond donors (Lipinski definition) is 0. The second kappa shape index (κ2) is 13.6. The summed E-state index contributed by atoms with van der Waals surface area (Å²) in [5, 5.41) is -1.14. The average Bonchev–Trinajstić information content (AvgIpc) is 3.93. The maximum Gasteiger partial charge on any atom is 0.417 e. The molecule has 0 fully saturated rings. The van der Waals surface area contributed by atoms with Crippen LogP contribution in [-0.2, 0) is 12.4 Å². The highest BCUT2D eigenvalue weighted by Gasteiger charge is 2.43. The molecule has 10 aromatic rings. The highest BCUT2D eigenvalue weighted by molar-refractivity contribution is 5.94. The Hall–Kier alpha value is -7.40. The Morgan fingerprint density at radius 3 is 1.47 bits per heavy atom. The Kier molecular flexibility index (Phi) is 6.88. The van der Waals surface area contributed by atoms with Gasteiger partial charge in [-0.25, -0.2) is 9.97 Å². The smallest absolute Gasteiger partial charge is 0.417 e. The first kappa shape index (κ1) is 29.8. The monoisotopic (exact) mass is 797 g/mol. The van der Waals surface area contributed by atoms with Crippen molar-refractivity contribution in [2.75, 3.05) is 4.90 Å². The summed E-state index contributed by atoms with van der Waals surface area (Å²) in [6.07, 6.45) is -10.7. The zero-order valence-corrected chi connectivity index (χ0v) is 30.1. The number of benzene rings is 8. The summed E-state index contributed by atoms with van der Waals surface area (Å²) < 4.78 is 151. The summed E-state index contributed by atoms with van der Waals surface area (Å²) in [6.45, 7) is 0. The fourth-order valence-corrected chi connectivity index (χ4v) is 6.95. The molecule has 2 heterocycles. The summed E-state index contributed by atoms with van der Waals surface area (Å²) in [5.41, 5.74) is 0.117. The second-order valence-corrected chi connectivity index (χ2v) is 13.6. The van der Waals surface area contributed by atoms with Gasteiger partial charge in [0.25, 0.3) is 0 Å². The first-order valence-corrected chi connectivity index (χ1v) is 18.0. The third kappa shape index (κ3) is 6.70. The van der Waals surface area contributed by atoms with E-state index in [0.717, 1.165) is 12.1 Å². The molecule has 0 N–H and O–H groups in total. The van der Waals surface area contributed by atoms with Gasteiger partial charge in [-0.1, -0.05) is 54.5 Å². The van der Waals surface area contributed by atoms with Gasteiger partial charge in [-0.3, -0.25) is 0 Å². The summed E-state index contributed by atoms with van der Waals surface area (Å²) >= 11 is 0. The lowest BCUT2D eigenvalue weighted by Gasteiger charge is -2.26. The largest absolute Gasteiger partial charge is 0.436 e. The summed E-state index contributed by atoms with van der Waals surface area (Å²) in [7, 11) is 0. The summed E-state index contributed by atoms with van der Waals surface area (Å²) in [5.74, 6) is 0.680. The number of fused-ring (bicyclic) bond motifs is 4. The van der Waals surface area contributed by atoms with Gasteiger partial charge in [-0.2, -0.15) is 26.3 Å². The Morgan fingerprint density at radius 1 is 0.441 bits per heavy atom. The molecule has 0 spiro atoms. The minimum atomic E-state index is -5.37. The molecule has 10 rings (SSSR count). The molecule has 0 aliphatic carbocycles. The van der Waals surface area contributed by atoms with Gasteiger partial charge in [0.2, 0.25) is 11.8 Å². The van der Waals surface area contributed by atoms with Crippen LogP contribution in [0.4, 0.5) is 43.4 Å². The van der Waals surface area contributed by atoms with Crippen molar-refractivity contribution >= 4 is 60.8 Å². The zero-order valence-electron chi connectivity index (χ0n) is 36.1. The number of para-hydroxylation sites is 4.